The molecule has 1 unspecified atom stereocenters. The fourth-order valence-corrected chi connectivity index (χ4v) is 1.46. The maximum absolute atomic E-state index is 9.24. The molecule has 0 aliphatic rings. The second-order valence-corrected chi connectivity index (χ2v) is 3.97. The number of hydrogen-bond donors (Lipinski definition) is 2. The third-order valence-electron chi connectivity index (χ3n) is 2.20. The molecule has 0 radical (unpaired) electrons. The number of aliphatic hydroxyl groups excluding tert-OH is 1. The van der Waals surface area contributed by atoms with E-state index in [1.807, 2.05) is 0 Å². The predicted molar refractivity (Wildman–Crippen MR) is 59.3 cm³/mol. The molecule has 78 valence electrons. The van der Waals surface area contributed by atoms with Crippen molar-refractivity contribution >= 4 is 0 Å². The molecule has 0 heterocycles. The molecule has 14 heavy (non-hydrogen) atoms. The zero-order valence-corrected chi connectivity index (χ0v) is 9.12. The standard InChI is InChI=1S/C12H19NO/c1-9(2)13-12(8-14)11-6-4-10(3)5-7-11/h4-7,9,12-14H,8H2,1-3H3. The Kier molecular flexibility index (Phi) is 4.11. The fourth-order valence-electron chi connectivity index (χ4n) is 1.46. The Hall–Kier alpha value is -0.860. The number of hydrogen-bond acceptors (Lipinski definition) is 2. The summed E-state index contributed by atoms with van der Waals surface area (Å²) in [5.41, 5.74) is 2.39. The maximum Gasteiger partial charge on any atom is 0.0626 e. The smallest absolute Gasteiger partial charge is 0.0626 e. The second kappa shape index (κ2) is 5.13. The first kappa shape index (κ1) is 11.2. The molecule has 1 atom stereocenters. The van der Waals surface area contributed by atoms with Gasteiger partial charge in [-0.05, 0) is 12.5 Å². The molecule has 0 bridgehead atoms. The average molecular weight is 193 g/mol. The highest BCUT2D eigenvalue weighted by molar-refractivity contribution is 5.24. The zero-order valence-electron chi connectivity index (χ0n) is 9.12. The first-order valence-electron chi connectivity index (χ1n) is 5.07. The van der Waals surface area contributed by atoms with Gasteiger partial charge in [0.2, 0.25) is 0 Å². The van der Waals surface area contributed by atoms with Crippen LogP contribution in [0.3, 0.4) is 0 Å². The molecule has 0 saturated carbocycles. The van der Waals surface area contributed by atoms with Gasteiger partial charge in [0, 0.05) is 6.04 Å². The van der Waals surface area contributed by atoms with Gasteiger partial charge < -0.3 is 10.4 Å². The Balaban J connectivity index is 2.73. The van der Waals surface area contributed by atoms with Crippen LogP contribution >= 0.6 is 0 Å². The van der Waals surface area contributed by atoms with Crippen molar-refractivity contribution in [1.82, 2.24) is 5.32 Å². The highest BCUT2D eigenvalue weighted by Crippen LogP contribution is 2.13. The van der Waals surface area contributed by atoms with E-state index in [-0.39, 0.29) is 12.6 Å². The summed E-state index contributed by atoms with van der Waals surface area (Å²) in [6.45, 7) is 6.36. The topological polar surface area (TPSA) is 32.3 Å². The van der Waals surface area contributed by atoms with E-state index < -0.39 is 0 Å². The molecule has 1 rings (SSSR count). The monoisotopic (exact) mass is 193 g/mol. The van der Waals surface area contributed by atoms with Gasteiger partial charge in [0.1, 0.15) is 0 Å². The summed E-state index contributed by atoms with van der Waals surface area (Å²) in [7, 11) is 0. The minimum absolute atomic E-state index is 0.0515. The van der Waals surface area contributed by atoms with Crippen molar-refractivity contribution in [2.45, 2.75) is 32.9 Å². The predicted octanol–water partition coefficient (Wildman–Crippen LogP) is 2.03. The molecule has 2 nitrogen and oxygen atoms in total. The third-order valence-corrected chi connectivity index (χ3v) is 2.20. The summed E-state index contributed by atoms with van der Waals surface area (Å²) in [6, 6.07) is 8.70. The molecule has 2 heteroatoms. The number of aryl methyl sites for hydroxylation is 1. The van der Waals surface area contributed by atoms with Gasteiger partial charge in [-0.1, -0.05) is 43.7 Å². The molecule has 1 aromatic rings. The lowest BCUT2D eigenvalue weighted by atomic mass is 10.1. The molecule has 0 spiro atoms. The summed E-state index contributed by atoms with van der Waals surface area (Å²) in [5.74, 6) is 0. The lowest BCUT2D eigenvalue weighted by Gasteiger charge is -2.19. The van der Waals surface area contributed by atoms with E-state index in [1.165, 1.54) is 5.56 Å². The lowest BCUT2D eigenvalue weighted by Crippen LogP contribution is -2.30. The summed E-state index contributed by atoms with van der Waals surface area (Å²) in [6.07, 6.45) is 0. The van der Waals surface area contributed by atoms with Crippen molar-refractivity contribution in [2.75, 3.05) is 6.61 Å². The van der Waals surface area contributed by atoms with Gasteiger partial charge in [-0.2, -0.15) is 0 Å². The van der Waals surface area contributed by atoms with E-state index in [9.17, 15) is 5.11 Å². The minimum atomic E-state index is 0.0515. The van der Waals surface area contributed by atoms with E-state index in [1.54, 1.807) is 0 Å². The molecule has 0 fully saturated rings. The highest BCUT2D eigenvalue weighted by Gasteiger charge is 2.10. The summed E-state index contributed by atoms with van der Waals surface area (Å²) < 4.78 is 0. The van der Waals surface area contributed by atoms with Crippen molar-refractivity contribution in [2.24, 2.45) is 0 Å². The normalized spacial score (nSPS) is 13.2. The average Bonchev–Trinajstić information content (AvgIpc) is 2.15. The van der Waals surface area contributed by atoms with Crippen molar-refractivity contribution in [1.29, 1.82) is 0 Å². The van der Waals surface area contributed by atoms with Crippen LogP contribution in [0.15, 0.2) is 24.3 Å². The molecule has 0 saturated heterocycles. The van der Waals surface area contributed by atoms with Crippen LogP contribution in [0.1, 0.15) is 31.0 Å². The largest absolute Gasteiger partial charge is 0.394 e. The van der Waals surface area contributed by atoms with Crippen molar-refractivity contribution in [3.8, 4) is 0 Å². The number of rotatable bonds is 4. The first-order chi connectivity index (χ1) is 6.63. The highest BCUT2D eigenvalue weighted by atomic mass is 16.3. The Morgan fingerprint density at radius 2 is 1.79 bits per heavy atom. The molecular formula is C12H19NO. The molecule has 0 aromatic heterocycles. The first-order valence-corrected chi connectivity index (χ1v) is 5.07. The quantitative estimate of drug-likeness (QED) is 0.767. The molecule has 1 aromatic carbocycles. The van der Waals surface area contributed by atoms with Gasteiger partial charge in [0.15, 0.2) is 0 Å². The van der Waals surface area contributed by atoms with Crippen LogP contribution in [0, 0.1) is 6.92 Å². The van der Waals surface area contributed by atoms with Crippen LogP contribution in [0.4, 0.5) is 0 Å². The van der Waals surface area contributed by atoms with Gasteiger partial charge in [0.25, 0.3) is 0 Å². The van der Waals surface area contributed by atoms with Crippen LogP contribution in [-0.2, 0) is 0 Å². The van der Waals surface area contributed by atoms with Crippen LogP contribution in [0.2, 0.25) is 0 Å². The van der Waals surface area contributed by atoms with Gasteiger partial charge in [-0.25, -0.2) is 0 Å². The number of benzene rings is 1. The van der Waals surface area contributed by atoms with Crippen LogP contribution < -0.4 is 5.32 Å². The summed E-state index contributed by atoms with van der Waals surface area (Å²) in [5, 5.41) is 12.6. The maximum atomic E-state index is 9.24. The third kappa shape index (κ3) is 3.13. The second-order valence-electron chi connectivity index (χ2n) is 3.97. The Labute approximate surface area is 86.0 Å². The molecule has 0 aliphatic heterocycles. The Morgan fingerprint density at radius 1 is 1.21 bits per heavy atom. The van der Waals surface area contributed by atoms with Crippen LogP contribution in [0.5, 0.6) is 0 Å². The molecule has 0 amide bonds. The fraction of sp³-hybridized carbons (Fsp3) is 0.500. The molecule has 0 aliphatic carbocycles. The van der Waals surface area contributed by atoms with Gasteiger partial charge in [-0.15, -0.1) is 0 Å². The van der Waals surface area contributed by atoms with E-state index in [0.29, 0.717) is 6.04 Å². The minimum Gasteiger partial charge on any atom is -0.394 e. The van der Waals surface area contributed by atoms with Gasteiger partial charge in [-0.3, -0.25) is 0 Å². The Morgan fingerprint density at radius 3 is 2.21 bits per heavy atom. The zero-order chi connectivity index (χ0) is 10.6. The molecule has 2 N–H and O–H groups in total. The Bertz CT molecular complexity index is 266. The lowest BCUT2D eigenvalue weighted by molar-refractivity contribution is 0.237. The summed E-state index contributed by atoms with van der Waals surface area (Å²) in [4.78, 5) is 0. The summed E-state index contributed by atoms with van der Waals surface area (Å²) >= 11 is 0. The van der Waals surface area contributed by atoms with Crippen LogP contribution in [-0.4, -0.2) is 17.8 Å². The van der Waals surface area contributed by atoms with E-state index >= 15 is 0 Å². The molecular weight excluding hydrogens is 174 g/mol. The van der Waals surface area contributed by atoms with Crippen molar-refractivity contribution in [3.05, 3.63) is 35.4 Å². The van der Waals surface area contributed by atoms with Crippen molar-refractivity contribution in [3.63, 3.8) is 0 Å². The van der Waals surface area contributed by atoms with Crippen molar-refractivity contribution < 1.29 is 5.11 Å². The van der Waals surface area contributed by atoms with Crippen LogP contribution in [0.25, 0.3) is 0 Å². The number of nitrogens with one attached hydrogen (secondary N) is 1. The SMILES string of the molecule is Cc1ccc(C(CO)NC(C)C)cc1. The van der Waals surface area contributed by atoms with E-state index in [4.69, 9.17) is 0 Å². The van der Waals surface area contributed by atoms with E-state index in [0.717, 1.165) is 5.56 Å². The van der Waals surface area contributed by atoms with Gasteiger partial charge >= 0.3 is 0 Å². The number of aliphatic hydroxyl groups is 1. The van der Waals surface area contributed by atoms with E-state index in [2.05, 4.69) is 50.4 Å². The van der Waals surface area contributed by atoms with Gasteiger partial charge in [0.05, 0.1) is 12.6 Å².